The molecule has 8 aromatic rings. The van der Waals surface area contributed by atoms with Crippen LogP contribution in [0.2, 0.25) is 0 Å². The summed E-state index contributed by atoms with van der Waals surface area (Å²) in [5.41, 5.74) is 19.0. The van der Waals surface area contributed by atoms with Gasteiger partial charge in [0.1, 0.15) is 0 Å². The first-order chi connectivity index (χ1) is 25.8. The second-order valence-corrected chi connectivity index (χ2v) is 15.7. The number of anilines is 3. The second-order valence-electron chi connectivity index (χ2n) is 15.7. The van der Waals surface area contributed by atoms with Crippen LogP contribution in [0.4, 0.5) is 17.1 Å². The number of benzene rings is 8. The molecule has 8 aromatic carbocycles. The molecular formula is C52H41N. The van der Waals surface area contributed by atoms with E-state index in [4.69, 9.17) is 0 Å². The van der Waals surface area contributed by atoms with Crippen LogP contribution in [0.5, 0.6) is 0 Å². The summed E-state index contributed by atoms with van der Waals surface area (Å²) in [6.45, 7) is 9.50. The van der Waals surface area contributed by atoms with Crippen LogP contribution in [0.1, 0.15) is 49.9 Å². The average molecular weight is 680 g/mol. The van der Waals surface area contributed by atoms with Gasteiger partial charge in [-0.05, 0) is 90.8 Å². The van der Waals surface area contributed by atoms with Crippen molar-refractivity contribution in [1.82, 2.24) is 0 Å². The monoisotopic (exact) mass is 679 g/mol. The maximum absolute atomic E-state index is 2.52. The molecule has 0 saturated heterocycles. The molecule has 2 aliphatic rings. The molecule has 0 unspecified atom stereocenters. The molecular weight excluding hydrogens is 639 g/mol. The minimum Gasteiger partial charge on any atom is -0.309 e. The Morgan fingerprint density at radius 1 is 0.358 bits per heavy atom. The lowest BCUT2D eigenvalue weighted by Gasteiger charge is -2.31. The SMILES string of the molecule is CC1(C)c2ccccc2-c2ccc(N(c3cccc(-c4cccc5c4C(C)(C)c4ccccc4-5)c3)c3c(-c4ccccc4)ccc4ccccc34)cc21. The molecule has 0 heterocycles. The van der Waals surface area contributed by atoms with Gasteiger partial charge in [-0.1, -0.05) is 179 Å². The maximum atomic E-state index is 2.52. The Labute approximate surface area is 312 Å². The first kappa shape index (κ1) is 31.5. The maximum Gasteiger partial charge on any atom is 0.0618 e. The molecule has 0 fully saturated rings. The predicted molar refractivity (Wildman–Crippen MR) is 225 cm³/mol. The third kappa shape index (κ3) is 4.70. The van der Waals surface area contributed by atoms with Gasteiger partial charge in [-0.3, -0.25) is 0 Å². The summed E-state index contributed by atoms with van der Waals surface area (Å²) in [5, 5.41) is 2.44. The molecule has 254 valence electrons. The van der Waals surface area contributed by atoms with Crippen LogP contribution in [0.15, 0.2) is 176 Å². The van der Waals surface area contributed by atoms with Crippen molar-refractivity contribution in [3.05, 3.63) is 198 Å². The van der Waals surface area contributed by atoms with Crippen molar-refractivity contribution in [2.75, 3.05) is 4.90 Å². The molecule has 0 bridgehead atoms. The van der Waals surface area contributed by atoms with E-state index in [9.17, 15) is 0 Å². The third-order valence-corrected chi connectivity index (χ3v) is 12.0. The quantitative estimate of drug-likeness (QED) is 0.175. The van der Waals surface area contributed by atoms with Gasteiger partial charge in [0.05, 0.1) is 5.69 Å². The molecule has 1 nitrogen and oxygen atoms in total. The zero-order valence-corrected chi connectivity index (χ0v) is 30.7. The fraction of sp³-hybridized carbons (Fsp3) is 0.115. The number of fused-ring (bicyclic) bond motifs is 7. The van der Waals surface area contributed by atoms with Crippen molar-refractivity contribution in [1.29, 1.82) is 0 Å². The lowest BCUT2D eigenvalue weighted by Crippen LogP contribution is -2.17. The summed E-state index contributed by atoms with van der Waals surface area (Å²) in [6, 6.07) is 65.3. The van der Waals surface area contributed by atoms with Crippen molar-refractivity contribution in [3.8, 4) is 44.5 Å². The van der Waals surface area contributed by atoms with Gasteiger partial charge in [0, 0.05) is 33.2 Å². The number of hydrogen-bond acceptors (Lipinski definition) is 1. The van der Waals surface area contributed by atoms with E-state index in [0.29, 0.717) is 0 Å². The van der Waals surface area contributed by atoms with Gasteiger partial charge in [0.2, 0.25) is 0 Å². The molecule has 0 spiro atoms. The first-order valence-electron chi connectivity index (χ1n) is 18.8. The molecule has 0 radical (unpaired) electrons. The van der Waals surface area contributed by atoms with Crippen LogP contribution >= 0.6 is 0 Å². The molecule has 0 N–H and O–H groups in total. The lowest BCUT2D eigenvalue weighted by molar-refractivity contribution is 0.660. The molecule has 0 atom stereocenters. The van der Waals surface area contributed by atoms with Crippen molar-refractivity contribution in [2.24, 2.45) is 0 Å². The van der Waals surface area contributed by atoms with Crippen LogP contribution in [-0.2, 0) is 10.8 Å². The van der Waals surface area contributed by atoms with E-state index in [2.05, 4.69) is 209 Å². The standard InChI is InChI=1S/C52H41N/c1-51(2)46-26-12-10-22-42(46)44-31-29-38(33-48(44)51)53(50-40-21-9-8-18-35(40)28-30-41(50)34-16-6-5-7-17-34)37-20-14-19-36(32-37)39-24-15-25-45-43-23-11-13-27-47(43)52(3,4)49(39)45/h5-33H,1-4H3. The highest BCUT2D eigenvalue weighted by molar-refractivity contribution is 6.06. The van der Waals surface area contributed by atoms with E-state index in [1.54, 1.807) is 0 Å². The summed E-state index contributed by atoms with van der Waals surface area (Å²) < 4.78 is 0. The summed E-state index contributed by atoms with van der Waals surface area (Å²) in [4.78, 5) is 2.52. The summed E-state index contributed by atoms with van der Waals surface area (Å²) in [7, 11) is 0. The van der Waals surface area contributed by atoms with Gasteiger partial charge in [0.25, 0.3) is 0 Å². The number of rotatable bonds is 5. The Morgan fingerprint density at radius 2 is 0.925 bits per heavy atom. The van der Waals surface area contributed by atoms with Crippen molar-refractivity contribution < 1.29 is 0 Å². The van der Waals surface area contributed by atoms with E-state index in [1.807, 2.05) is 0 Å². The van der Waals surface area contributed by atoms with Gasteiger partial charge in [0.15, 0.2) is 0 Å². The minimum atomic E-state index is -0.123. The smallest absolute Gasteiger partial charge is 0.0618 e. The van der Waals surface area contributed by atoms with Crippen LogP contribution < -0.4 is 4.90 Å². The minimum absolute atomic E-state index is 0.116. The predicted octanol–water partition coefficient (Wildman–Crippen LogP) is 14.3. The molecule has 1 heteroatoms. The largest absolute Gasteiger partial charge is 0.309 e. The third-order valence-electron chi connectivity index (χ3n) is 12.0. The van der Waals surface area contributed by atoms with E-state index in [-0.39, 0.29) is 10.8 Å². The van der Waals surface area contributed by atoms with Crippen LogP contribution in [-0.4, -0.2) is 0 Å². The van der Waals surface area contributed by atoms with E-state index in [0.717, 1.165) is 11.4 Å². The molecule has 0 saturated carbocycles. The van der Waals surface area contributed by atoms with E-state index >= 15 is 0 Å². The number of nitrogens with zero attached hydrogens (tertiary/aromatic N) is 1. The fourth-order valence-corrected chi connectivity index (χ4v) is 9.49. The van der Waals surface area contributed by atoms with Gasteiger partial charge < -0.3 is 4.90 Å². The highest BCUT2D eigenvalue weighted by Gasteiger charge is 2.38. The van der Waals surface area contributed by atoms with Crippen molar-refractivity contribution in [2.45, 2.75) is 38.5 Å². The molecule has 0 amide bonds. The van der Waals surface area contributed by atoms with Gasteiger partial charge in [-0.15, -0.1) is 0 Å². The lowest BCUT2D eigenvalue weighted by atomic mass is 9.79. The normalized spacial score (nSPS) is 14.3. The topological polar surface area (TPSA) is 3.24 Å². The zero-order chi connectivity index (χ0) is 35.9. The second kappa shape index (κ2) is 11.7. The Morgan fingerprint density at radius 3 is 1.74 bits per heavy atom. The highest BCUT2D eigenvalue weighted by atomic mass is 15.1. The fourth-order valence-electron chi connectivity index (χ4n) is 9.49. The van der Waals surface area contributed by atoms with Gasteiger partial charge in [-0.25, -0.2) is 0 Å². The highest BCUT2D eigenvalue weighted by Crippen LogP contribution is 2.54. The van der Waals surface area contributed by atoms with E-state index in [1.165, 1.54) is 83.2 Å². The van der Waals surface area contributed by atoms with Gasteiger partial charge in [-0.2, -0.15) is 0 Å². The van der Waals surface area contributed by atoms with Gasteiger partial charge >= 0.3 is 0 Å². The van der Waals surface area contributed by atoms with Crippen LogP contribution in [0, 0.1) is 0 Å². The molecule has 10 rings (SSSR count). The molecule has 0 aliphatic heterocycles. The van der Waals surface area contributed by atoms with E-state index < -0.39 is 0 Å². The molecule has 0 aromatic heterocycles. The molecule has 53 heavy (non-hydrogen) atoms. The average Bonchev–Trinajstić information content (AvgIpc) is 3.58. The Balaban J connectivity index is 1.24. The summed E-state index contributed by atoms with van der Waals surface area (Å²) in [5.74, 6) is 0. The Hall–Kier alpha value is -6.18. The summed E-state index contributed by atoms with van der Waals surface area (Å²) in [6.07, 6.45) is 0. The van der Waals surface area contributed by atoms with Crippen LogP contribution in [0.25, 0.3) is 55.3 Å². The Kier molecular flexibility index (Phi) is 6.94. The zero-order valence-electron chi connectivity index (χ0n) is 30.7. The van der Waals surface area contributed by atoms with Crippen molar-refractivity contribution in [3.63, 3.8) is 0 Å². The van der Waals surface area contributed by atoms with Crippen molar-refractivity contribution >= 4 is 27.8 Å². The Bertz CT molecular complexity index is 2730. The van der Waals surface area contributed by atoms with Crippen LogP contribution in [0.3, 0.4) is 0 Å². The molecule has 2 aliphatic carbocycles. The first-order valence-corrected chi connectivity index (χ1v) is 18.8. The number of hydrogen-bond donors (Lipinski definition) is 0. The summed E-state index contributed by atoms with van der Waals surface area (Å²) >= 11 is 0.